The van der Waals surface area contributed by atoms with Crippen molar-refractivity contribution in [2.45, 2.75) is 0 Å². The van der Waals surface area contributed by atoms with Crippen molar-refractivity contribution in [1.29, 1.82) is 0 Å². The molecule has 2 heterocycles. The highest BCUT2D eigenvalue weighted by Gasteiger charge is 2.01. The minimum absolute atomic E-state index is 0.840. The second kappa shape index (κ2) is 2.18. The Labute approximate surface area is 67.7 Å². The van der Waals surface area contributed by atoms with Crippen LogP contribution in [0.5, 0.6) is 0 Å². The number of hydrogen-bond donors (Lipinski definition) is 1. The molecular weight excluding hydrogens is 162 g/mol. The summed E-state index contributed by atoms with van der Waals surface area (Å²) in [7, 11) is 0. The lowest BCUT2D eigenvalue weighted by Crippen LogP contribution is -1.66. The van der Waals surface area contributed by atoms with Gasteiger partial charge in [-0.05, 0) is 11.4 Å². The smallest absolute Gasteiger partial charge is 0.112 e. The normalized spacial score (nSPS) is 10.4. The lowest BCUT2D eigenvalue weighted by Gasteiger charge is -1.90. The average Bonchev–Trinajstić information content (AvgIpc) is 2.34. The Kier molecular flexibility index (Phi) is 1.32. The zero-order valence-corrected chi connectivity index (χ0v) is 6.76. The Morgan fingerprint density at radius 3 is 3.20 bits per heavy atom. The van der Waals surface area contributed by atoms with Crippen LogP contribution in [0.1, 0.15) is 0 Å². The highest BCUT2D eigenvalue weighted by molar-refractivity contribution is 7.71. The molecule has 0 atom stereocenters. The topological polar surface area (TPSA) is 15.8 Å². The molecule has 0 radical (unpaired) electrons. The van der Waals surface area contributed by atoms with Gasteiger partial charge in [0.2, 0.25) is 0 Å². The molecule has 0 aliphatic carbocycles. The maximum atomic E-state index is 5.04. The van der Waals surface area contributed by atoms with E-state index in [0.29, 0.717) is 0 Å². The summed E-state index contributed by atoms with van der Waals surface area (Å²) in [5, 5.41) is 4.11. The zero-order chi connectivity index (χ0) is 6.97. The van der Waals surface area contributed by atoms with Gasteiger partial charge < -0.3 is 4.98 Å². The third-order valence-electron chi connectivity index (χ3n) is 1.43. The lowest BCUT2D eigenvalue weighted by atomic mass is 10.2. The minimum Gasteiger partial charge on any atom is -0.352 e. The van der Waals surface area contributed by atoms with Crippen LogP contribution >= 0.6 is 23.6 Å². The number of rotatable bonds is 0. The maximum absolute atomic E-state index is 5.04. The Morgan fingerprint density at radius 1 is 1.50 bits per heavy atom. The van der Waals surface area contributed by atoms with Gasteiger partial charge >= 0.3 is 0 Å². The van der Waals surface area contributed by atoms with E-state index in [4.69, 9.17) is 12.2 Å². The van der Waals surface area contributed by atoms with E-state index in [9.17, 15) is 0 Å². The van der Waals surface area contributed by atoms with E-state index in [2.05, 4.69) is 16.4 Å². The van der Waals surface area contributed by atoms with Crippen molar-refractivity contribution in [3.05, 3.63) is 27.7 Å². The van der Waals surface area contributed by atoms with Crippen LogP contribution in [0.15, 0.2) is 23.0 Å². The third kappa shape index (κ3) is 0.786. The molecule has 0 aromatic rings. The van der Waals surface area contributed by atoms with Crippen LogP contribution in [-0.2, 0) is 0 Å². The predicted molar refractivity (Wildman–Crippen MR) is 46.1 cm³/mol. The maximum Gasteiger partial charge on any atom is 0.112 e. The molecule has 2 rings (SSSR count). The summed E-state index contributed by atoms with van der Waals surface area (Å²) >= 11 is 6.70. The lowest BCUT2D eigenvalue weighted by molar-refractivity contribution is 1.39. The van der Waals surface area contributed by atoms with E-state index in [1.54, 1.807) is 11.3 Å². The second-order valence-corrected chi connectivity index (χ2v) is 3.23. The third-order valence-corrected chi connectivity index (χ3v) is 2.43. The molecule has 0 unspecified atom stereocenters. The van der Waals surface area contributed by atoms with E-state index in [1.165, 1.54) is 5.56 Å². The molecule has 1 nitrogen and oxygen atoms in total. The monoisotopic (exact) mass is 167 g/mol. The van der Waals surface area contributed by atoms with Gasteiger partial charge in [0, 0.05) is 22.7 Å². The SMILES string of the molecule is S=c1[nH]cc2ccscc1-2. The summed E-state index contributed by atoms with van der Waals surface area (Å²) in [6.07, 6.45) is 1.93. The summed E-state index contributed by atoms with van der Waals surface area (Å²) in [6.45, 7) is 0. The van der Waals surface area contributed by atoms with E-state index < -0.39 is 0 Å². The summed E-state index contributed by atoms with van der Waals surface area (Å²) in [4.78, 5) is 3.00. The largest absolute Gasteiger partial charge is 0.352 e. The van der Waals surface area contributed by atoms with Crippen LogP contribution in [0.4, 0.5) is 0 Å². The van der Waals surface area contributed by atoms with Crippen LogP contribution < -0.4 is 0 Å². The fraction of sp³-hybridized carbons (Fsp3) is 0. The molecule has 50 valence electrons. The number of hydrogen-bond acceptors (Lipinski definition) is 2. The first-order chi connectivity index (χ1) is 4.88. The van der Waals surface area contributed by atoms with Crippen molar-refractivity contribution in [3.8, 4) is 11.1 Å². The van der Waals surface area contributed by atoms with E-state index >= 15 is 0 Å². The number of nitrogens with one attached hydrogen (secondary N) is 1. The quantitative estimate of drug-likeness (QED) is 0.596. The highest BCUT2D eigenvalue weighted by Crippen LogP contribution is 2.23. The number of fused-ring (bicyclic) bond motifs is 1. The molecule has 0 aromatic carbocycles. The van der Waals surface area contributed by atoms with Gasteiger partial charge in [-0.1, -0.05) is 12.2 Å². The summed E-state index contributed by atoms with van der Waals surface area (Å²) in [6, 6.07) is 2.06. The fourth-order valence-electron chi connectivity index (χ4n) is 0.909. The van der Waals surface area contributed by atoms with Crippen molar-refractivity contribution >= 4 is 23.6 Å². The Morgan fingerprint density at radius 2 is 2.40 bits per heavy atom. The first kappa shape index (κ1) is 6.07. The Balaban J connectivity index is 2.91. The van der Waals surface area contributed by atoms with Crippen molar-refractivity contribution in [3.63, 3.8) is 0 Å². The summed E-state index contributed by atoms with van der Waals surface area (Å²) < 4.78 is 0.840. The molecule has 0 amide bonds. The second-order valence-electron chi connectivity index (χ2n) is 2.04. The van der Waals surface area contributed by atoms with Gasteiger partial charge in [0.05, 0.1) is 0 Å². The average molecular weight is 167 g/mol. The highest BCUT2D eigenvalue weighted by atomic mass is 32.1. The van der Waals surface area contributed by atoms with Crippen molar-refractivity contribution < 1.29 is 0 Å². The summed E-state index contributed by atoms with van der Waals surface area (Å²) in [5.74, 6) is 0. The van der Waals surface area contributed by atoms with E-state index in [0.717, 1.165) is 10.2 Å². The fourth-order valence-corrected chi connectivity index (χ4v) is 1.91. The van der Waals surface area contributed by atoms with Crippen LogP contribution in [0.2, 0.25) is 0 Å². The van der Waals surface area contributed by atoms with E-state index in [1.807, 2.05) is 11.6 Å². The summed E-state index contributed by atoms with van der Waals surface area (Å²) in [5.41, 5.74) is 2.35. The molecule has 0 bridgehead atoms. The molecular formula is C7H5NS2. The van der Waals surface area contributed by atoms with E-state index in [-0.39, 0.29) is 0 Å². The van der Waals surface area contributed by atoms with Crippen molar-refractivity contribution in [2.24, 2.45) is 0 Å². The van der Waals surface area contributed by atoms with Crippen LogP contribution in [0.3, 0.4) is 0 Å². The van der Waals surface area contributed by atoms with Gasteiger partial charge in [-0.3, -0.25) is 0 Å². The molecule has 2 aliphatic heterocycles. The number of aromatic amines is 1. The zero-order valence-electron chi connectivity index (χ0n) is 5.13. The van der Waals surface area contributed by atoms with Gasteiger partial charge in [-0.15, -0.1) is 0 Å². The molecule has 2 aliphatic rings. The molecule has 10 heavy (non-hydrogen) atoms. The molecule has 0 spiro atoms. The Hall–Kier alpha value is -0.670. The van der Waals surface area contributed by atoms with Gasteiger partial charge in [-0.25, -0.2) is 0 Å². The first-order valence-electron chi connectivity index (χ1n) is 2.91. The standard InChI is InChI=1S/C7H5NS2/c9-7-6-4-10-2-1-5(6)3-8-7/h1-4H,(H,8,9). The van der Waals surface area contributed by atoms with Gasteiger partial charge in [0.25, 0.3) is 0 Å². The van der Waals surface area contributed by atoms with Crippen LogP contribution in [0, 0.1) is 4.64 Å². The molecule has 0 saturated carbocycles. The molecule has 0 fully saturated rings. The minimum atomic E-state index is 0.840. The predicted octanol–water partition coefficient (Wildman–Crippen LogP) is 2.91. The van der Waals surface area contributed by atoms with Crippen LogP contribution in [-0.4, -0.2) is 4.98 Å². The van der Waals surface area contributed by atoms with Crippen LogP contribution in [0.25, 0.3) is 11.1 Å². The number of aromatic nitrogens is 1. The molecule has 1 N–H and O–H groups in total. The van der Waals surface area contributed by atoms with Gasteiger partial charge in [-0.2, -0.15) is 11.3 Å². The van der Waals surface area contributed by atoms with Gasteiger partial charge in [0.1, 0.15) is 4.64 Å². The molecule has 3 heteroatoms. The van der Waals surface area contributed by atoms with Gasteiger partial charge in [0.15, 0.2) is 0 Å². The molecule has 0 saturated heterocycles. The number of H-pyrrole nitrogens is 1. The first-order valence-corrected chi connectivity index (χ1v) is 4.26. The van der Waals surface area contributed by atoms with Crippen molar-refractivity contribution in [2.75, 3.05) is 0 Å². The molecule has 0 aromatic heterocycles. The van der Waals surface area contributed by atoms with Crippen molar-refractivity contribution in [1.82, 2.24) is 4.98 Å². The Bertz CT molecular complexity index is 360.